The third-order valence-corrected chi connectivity index (χ3v) is 2.27. The minimum atomic E-state index is 0.583. The van der Waals surface area contributed by atoms with Crippen LogP contribution in [0.25, 0.3) is 10.9 Å². The number of ether oxygens (including phenoxy) is 2. The van der Waals surface area contributed by atoms with E-state index in [2.05, 4.69) is 4.98 Å². The second kappa shape index (κ2) is 5.47. The van der Waals surface area contributed by atoms with Crippen LogP contribution >= 0.6 is 0 Å². The van der Waals surface area contributed by atoms with Gasteiger partial charge in [0.25, 0.3) is 0 Å². The van der Waals surface area contributed by atoms with Gasteiger partial charge in [-0.25, -0.2) is 0 Å². The predicted octanol–water partition coefficient (Wildman–Crippen LogP) is 2.65. The Kier molecular flexibility index (Phi) is 3.72. The van der Waals surface area contributed by atoms with Crippen LogP contribution in [0.5, 0.6) is 5.75 Å². The summed E-state index contributed by atoms with van der Waals surface area (Å²) in [6, 6.07) is 9.84. The Morgan fingerprint density at radius 3 is 3.00 bits per heavy atom. The first-order valence-electron chi connectivity index (χ1n) is 5.45. The number of pyridine rings is 1. The fourth-order valence-corrected chi connectivity index (χ4v) is 1.51. The van der Waals surface area contributed by atoms with E-state index in [0.29, 0.717) is 13.2 Å². The Morgan fingerprint density at radius 2 is 2.12 bits per heavy atom. The van der Waals surface area contributed by atoms with Crippen LogP contribution in [0.3, 0.4) is 0 Å². The molecule has 2 rings (SSSR count). The van der Waals surface area contributed by atoms with Gasteiger partial charge in [0.2, 0.25) is 0 Å². The molecule has 0 aliphatic carbocycles. The summed E-state index contributed by atoms with van der Waals surface area (Å²) in [7, 11) is 0. The van der Waals surface area contributed by atoms with E-state index in [1.54, 1.807) is 6.20 Å². The first kappa shape index (κ1) is 10.9. The Morgan fingerprint density at radius 1 is 1.19 bits per heavy atom. The Labute approximate surface area is 95.0 Å². The average Bonchev–Trinajstić information content (AvgIpc) is 2.34. The van der Waals surface area contributed by atoms with Crippen LogP contribution in [0.4, 0.5) is 0 Å². The quantitative estimate of drug-likeness (QED) is 0.721. The molecule has 3 heteroatoms. The predicted molar refractivity (Wildman–Crippen MR) is 63.7 cm³/mol. The second-order valence-electron chi connectivity index (χ2n) is 3.40. The van der Waals surface area contributed by atoms with Crippen LogP contribution in [0.1, 0.15) is 6.92 Å². The van der Waals surface area contributed by atoms with Crippen molar-refractivity contribution in [1.29, 1.82) is 0 Å². The average molecular weight is 217 g/mol. The number of benzene rings is 1. The van der Waals surface area contributed by atoms with E-state index in [1.807, 2.05) is 37.3 Å². The summed E-state index contributed by atoms with van der Waals surface area (Å²) in [4.78, 5) is 4.25. The zero-order chi connectivity index (χ0) is 11.2. The maximum Gasteiger partial charge on any atom is 0.120 e. The Hall–Kier alpha value is -1.61. The zero-order valence-corrected chi connectivity index (χ0v) is 9.35. The minimum absolute atomic E-state index is 0.583. The molecule has 0 unspecified atom stereocenters. The number of fused-ring (bicyclic) bond motifs is 1. The number of nitrogens with zero attached hydrogens (tertiary/aromatic N) is 1. The van der Waals surface area contributed by atoms with Crippen molar-refractivity contribution in [2.24, 2.45) is 0 Å². The fourth-order valence-electron chi connectivity index (χ4n) is 1.51. The molecule has 3 nitrogen and oxygen atoms in total. The fraction of sp³-hybridized carbons (Fsp3) is 0.308. The number of hydrogen-bond donors (Lipinski definition) is 0. The van der Waals surface area contributed by atoms with E-state index in [-0.39, 0.29) is 0 Å². The lowest BCUT2D eigenvalue weighted by atomic mass is 10.2. The molecule has 0 atom stereocenters. The van der Waals surface area contributed by atoms with E-state index in [9.17, 15) is 0 Å². The maximum atomic E-state index is 5.56. The van der Waals surface area contributed by atoms with Gasteiger partial charge in [-0.2, -0.15) is 0 Å². The molecule has 1 aromatic heterocycles. The molecule has 0 aliphatic rings. The molecule has 1 aromatic carbocycles. The largest absolute Gasteiger partial charge is 0.491 e. The minimum Gasteiger partial charge on any atom is -0.491 e. The van der Waals surface area contributed by atoms with Crippen LogP contribution in [-0.4, -0.2) is 24.8 Å². The molecule has 0 saturated carbocycles. The molecule has 84 valence electrons. The van der Waals surface area contributed by atoms with Crippen molar-refractivity contribution in [1.82, 2.24) is 4.98 Å². The highest BCUT2D eigenvalue weighted by molar-refractivity contribution is 5.79. The summed E-state index contributed by atoms with van der Waals surface area (Å²) in [5.41, 5.74) is 0.986. The van der Waals surface area contributed by atoms with Crippen molar-refractivity contribution in [3.8, 4) is 5.75 Å². The van der Waals surface area contributed by atoms with Crippen molar-refractivity contribution in [3.05, 3.63) is 36.5 Å². The highest BCUT2D eigenvalue weighted by Crippen LogP contribution is 2.18. The third kappa shape index (κ3) is 2.70. The van der Waals surface area contributed by atoms with Gasteiger partial charge in [-0.1, -0.05) is 6.07 Å². The molecular formula is C13H15NO2. The summed E-state index contributed by atoms with van der Waals surface area (Å²) < 4.78 is 10.8. The molecule has 0 amide bonds. The number of rotatable bonds is 5. The smallest absolute Gasteiger partial charge is 0.120 e. The summed E-state index contributed by atoms with van der Waals surface area (Å²) in [5, 5.41) is 1.09. The van der Waals surface area contributed by atoms with Crippen LogP contribution in [0.2, 0.25) is 0 Å². The molecule has 0 aliphatic heterocycles. The highest BCUT2D eigenvalue weighted by Gasteiger charge is 1.97. The SMILES string of the molecule is CCOCCOc1ccc2ncccc2c1. The summed E-state index contributed by atoms with van der Waals surface area (Å²) in [6.45, 7) is 3.91. The van der Waals surface area contributed by atoms with Crippen LogP contribution in [0, 0.1) is 0 Å². The van der Waals surface area contributed by atoms with Gasteiger partial charge in [-0.15, -0.1) is 0 Å². The maximum absolute atomic E-state index is 5.56. The van der Waals surface area contributed by atoms with Gasteiger partial charge in [0.1, 0.15) is 12.4 Å². The lowest BCUT2D eigenvalue weighted by molar-refractivity contribution is 0.110. The standard InChI is InChI=1S/C13H15NO2/c1-2-15-8-9-16-12-5-6-13-11(10-12)4-3-7-14-13/h3-7,10H,2,8-9H2,1H3. The molecule has 0 radical (unpaired) electrons. The third-order valence-electron chi connectivity index (χ3n) is 2.27. The van der Waals surface area contributed by atoms with Gasteiger partial charge in [0.15, 0.2) is 0 Å². The van der Waals surface area contributed by atoms with Gasteiger partial charge in [0.05, 0.1) is 12.1 Å². The van der Waals surface area contributed by atoms with Gasteiger partial charge in [-0.3, -0.25) is 4.98 Å². The lowest BCUT2D eigenvalue weighted by Crippen LogP contribution is -2.06. The van der Waals surface area contributed by atoms with Gasteiger partial charge in [0, 0.05) is 18.2 Å². The van der Waals surface area contributed by atoms with Crippen molar-refractivity contribution in [2.75, 3.05) is 19.8 Å². The summed E-state index contributed by atoms with van der Waals surface area (Å²) in [6.07, 6.45) is 1.79. The van der Waals surface area contributed by atoms with Crippen molar-refractivity contribution in [3.63, 3.8) is 0 Å². The monoisotopic (exact) mass is 217 g/mol. The number of hydrogen-bond acceptors (Lipinski definition) is 3. The van der Waals surface area contributed by atoms with Gasteiger partial charge in [-0.05, 0) is 31.2 Å². The normalized spacial score (nSPS) is 10.6. The molecule has 0 bridgehead atoms. The molecule has 16 heavy (non-hydrogen) atoms. The summed E-state index contributed by atoms with van der Waals surface area (Å²) in [5.74, 6) is 0.861. The van der Waals surface area contributed by atoms with Crippen LogP contribution in [-0.2, 0) is 4.74 Å². The molecule has 2 aromatic rings. The molecular weight excluding hydrogens is 202 g/mol. The zero-order valence-electron chi connectivity index (χ0n) is 9.35. The number of aromatic nitrogens is 1. The van der Waals surface area contributed by atoms with E-state index in [0.717, 1.165) is 23.3 Å². The molecule has 0 spiro atoms. The summed E-state index contributed by atoms with van der Waals surface area (Å²) >= 11 is 0. The van der Waals surface area contributed by atoms with E-state index >= 15 is 0 Å². The lowest BCUT2D eigenvalue weighted by Gasteiger charge is -2.06. The molecule has 0 fully saturated rings. The van der Waals surface area contributed by atoms with E-state index in [4.69, 9.17) is 9.47 Å². The van der Waals surface area contributed by atoms with Crippen LogP contribution in [0.15, 0.2) is 36.5 Å². The highest BCUT2D eigenvalue weighted by atomic mass is 16.5. The first-order valence-corrected chi connectivity index (χ1v) is 5.45. The van der Waals surface area contributed by atoms with E-state index < -0.39 is 0 Å². The Balaban J connectivity index is 2.02. The first-order chi connectivity index (χ1) is 7.90. The van der Waals surface area contributed by atoms with Crippen molar-refractivity contribution >= 4 is 10.9 Å². The van der Waals surface area contributed by atoms with Crippen LogP contribution < -0.4 is 4.74 Å². The molecule has 1 heterocycles. The van der Waals surface area contributed by atoms with E-state index in [1.165, 1.54) is 0 Å². The van der Waals surface area contributed by atoms with Crippen molar-refractivity contribution in [2.45, 2.75) is 6.92 Å². The second-order valence-corrected chi connectivity index (χ2v) is 3.40. The van der Waals surface area contributed by atoms with Gasteiger partial charge < -0.3 is 9.47 Å². The van der Waals surface area contributed by atoms with Gasteiger partial charge >= 0.3 is 0 Å². The van der Waals surface area contributed by atoms with Crippen molar-refractivity contribution < 1.29 is 9.47 Å². The Bertz CT molecular complexity index is 456. The topological polar surface area (TPSA) is 31.4 Å². The molecule has 0 saturated heterocycles. The molecule has 0 N–H and O–H groups in total.